The molecule has 4 rings (SSSR count). The fraction of sp³-hybridized carbons (Fsp3) is 0.675. The summed E-state index contributed by atoms with van der Waals surface area (Å²) in [5.74, 6) is -2.86. The van der Waals surface area contributed by atoms with E-state index in [9.17, 15) is 32.7 Å². The van der Waals surface area contributed by atoms with Gasteiger partial charge < -0.3 is 40.0 Å². The Kier molecular flexibility index (Phi) is 22.3. The molecule has 2 aliphatic carbocycles. The molecule has 5 N–H and O–H groups in total. The summed E-state index contributed by atoms with van der Waals surface area (Å²) in [5.41, 5.74) is 0.946. The van der Waals surface area contributed by atoms with Gasteiger partial charge in [-0.1, -0.05) is 72.4 Å². The van der Waals surface area contributed by atoms with Crippen LogP contribution in [0.15, 0.2) is 41.5 Å². The van der Waals surface area contributed by atoms with E-state index >= 15 is 0 Å². The van der Waals surface area contributed by atoms with Crippen LogP contribution in [-0.4, -0.2) is 99.4 Å². The maximum absolute atomic E-state index is 14.7. The van der Waals surface area contributed by atoms with Crippen LogP contribution in [0.5, 0.6) is 0 Å². The second-order valence-electron chi connectivity index (χ2n) is 13.7. The minimum absolute atomic E-state index is 0. The predicted octanol–water partition coefficient (Wildman–Crippen LogP) is 6.00. The van der Waals surface area contributed by atoms with E-state index in [0.29, 0.717) is 6.42 Å². The Morgan fingerprint density at radius 3 is 2.09 bits per heavy atom. The van der Waals surface area contributed by atoms with Crippen LogP contribution in [0, 0.1) is 35.5 Å². The van der Waals surface area contributed by atoms with Gasteiger partial charge in [0.15, 0.2) is 5.78 Å². The van der Waals surface area contributed by atoms with Crippen molar-refractivity contribution in [3.63, 3.8) is 0 Å². The van der Waals surface area contributed by atoms with Crippen molar-refractivity contribution in [2.75, 3.05) is 34.5 Å². The highest BCUT2D eigenvalue weighted by molar-refractivity contribution is 5.93. The molecule has 1 aliphatic heterocycles. The Labute approximate surface area is 324 Å². The van der Waals surface area contributed by atoms with Gasteiger partial charge in [-0.05, 0) is 42.9 Å². The third kappa shape index (κ3) is 12.2. The van der Waals surface area contributed by atoms with Gasteiger partial charge in [-0.2, -0.15) is 0 Å². The molecule has 8 atom stereocenters. The molecule has 0 spiro atoms. The number of benzene rings is 1. The van der Waals surface area contributed by atoms with Crippen LogP contribution in [0.2, 0.25) is 0 Å². The Morgan fingerprint density at radius 2 is 1.62 bits per heavy atom. The third-order valence-electron chi connectivity index (χ3n) is 10.8. The van der Waals surface area contributed by atoms with E-state index in [2.05, 4.69) is 23.3 Å². The summed E-state index contributed by atoms with van der Waals surface area (Å²) >= 11 is 0. The van der Waals surface area contributed by atoms with Crippen molar-refractivity contribution in [2.24, 2.45) is 28.4 Å². The highest BCUT2D eigenvalue weighted by Crippen LogP contribution is 2.60. The number of hydrogen-bond donors (Lipinski definition) is 2. The molecule has 12 nitrogen and oxygen atoms in total. The van der Waals surface area contributed by atoms with Crippen LogP contribution in [0.4, 0.5) is 18.0 Å². The molecule has 1 aromatic carbocycles. The van der Waals surface area contributed by atoms with E-state index < -0.39 is 76.9 Å². The molecule has 1 aromatic rings. The van der Waals surface area contributed by atoms with Crippen LogP contribution in [0.25, 0.3) is 0 Å². The summed E-state index contributed by atoms with van der Waals surface area (Å²) in [6, 6.07) is 9.35. The number of aliphatic hydroxyl groups is 1. The van der Waals surface area contributed by atoms with Gasteiger partial charge in [0.1, 0.15) is 12.2 Å². The number of carbonyl (C=O) groups excluding carboxylic acids is 3. The van der Waals surface area contributed by atoms with Crippen molar-refractivity contribution < 1.29 is 66.6 Å². The number of methoxy groups -OCH3 is 3. The molecule has 2 fully saturated rings. The minimum Gasteiger partial charge on any atom is -0.458 e. The average Bonchev–Trinajstić information content (AvgIpc) is 3.26. The van der Waals surface area contributed by atoms with Gasteiger partial charge in [0.2, 0.25) is 0 Å². The first-order valence-corrected chi connectivity index (χ1v) is 17.5. The van der Waals surface area contributed by atoms with Crippen molar-refractivity contribution in [2.45, 2.75) is 118 Å². The SMILES string of the molecule is C.C#C.CC.COC(N)=O.COC[C@H]1C[C@H](OC)[C@@]2(C)C(=O)[C@H](OC(F)(F)F)C3=C(C)[C@@H](OC(=O)CCc4ccccc4)C[C@@](O)([C@@H](C)C2CO1)C3(C)C.O. The van der Waals surface area contributed by atoms with E-state index in [1.165, 1.54) is 21.3 Å². The molecule has 316 valence electrons. The smallest absolute Gasteiger partial charge is 0.458 e. The quantitative estimate of drug-likeness (QED) is 0.180. The van der Waals surface area contributed by atoms with Crippen LogP contribution in [0.1, 0.15) is 80.7 Å². The molecule has 0 radical (unpaired) electrons. The molecule has 1 saturated carbocycles. The van der Waals surface area contributed by atoms with Crippen molar-refractivity contribution in [3.05, 3.63) is 47.0 Å². The van der Waals surface area contributed by atoms with Crippen LogP contribution < -0.4 is 5.73 Å². The Hall–Kier alpha value is -3.52. The van der Waals surface area contributed by atoms with Gasteiger partial charge in [-0.15, -0.1) is 26.0 Å². The largest absolute Gasteiger partial charge is 0.523 e. The Balaban J connectivity index is 0. The zero-order chi connectivity index (χ0) is 40.9. The molecule has 15 heteroatoms. The average molecular weight is 792 g/mol. The molecular formula is C40H64F3NO11. The van der Waals surface area contributed by atoms with E-state index in [4.69, 9.17) is 23.7 Å². The number of primary amides is 1. The van der Waals surface area contributed by atoms with Crippen LogP contribution in [0.3, 0.4) is 0 Å². The first-order valence-electron chi connectivity index (χ1n) is 17.5. The lowest BCUT2D eigenvalue weighted by Crippen LogP contribution is -2.67. The molecule has 0 aromatic heterocycles. The second-order valence-corrected chi connectivity index (χ2v) is 13.7. The number of rotatable bonds is 8. The van der Waals surface area contributed by atoms with E-state index in [-0.39, 0.29) is 56.5 Å². The number of Topliss-reactive ketones (excluding diaryl/α,β-unsaturated/α-hetero) is 1. The zero-order valence-corrected chi connectivity index (χ0v) is 33.1. The molecule has 55 heavy (non-hydrogen) atoms. The summed E-state index contributed by atoms with van der Waals surface area (Å²) in [5, 5.41) is 12.7. The summed E-state index contributed by atoms with van der Waals surface area (Å²) in [6.45, 7) is 12.3. The van der Waals surface area contributed by atoms with E-state index in [1.807, 2.05) is 44.2 Å². The van der Waals surface area contributed by atoms with Gasteiger partial charge >= 0.3 is 18.4 Å². The normalized spacial score (nSPS) is 29.3. The summed E-state index contributed by atoms with van der Waals surface area (Å²) < 4.78 is 74.2. The maximum atomic E-state index is 14.7. The van der Waals surface area contributed by atoms with Gasteiger partial charge in [0.25, 0.3) is 0 Å². The molecule has 2 bridgehead atoms. The zero-order valence-electron chi connectivity index (χ0n) is 33.1. The molecule has 1 saturated heterocycles. The lowest BCUT2D eigenvalue weighted by molar-refractivity contribution is -0.338. The van der Waals surface area contributed by atoms with E-state index in [1.54, 1.807) is 34.6 Å². The monoisotopic (exact) mass is 791 g/mol. The highest BCUT2D eigenvalue weighted by atomic mass is 19.4. The summed E-state index contributed by atoms with van der Waals surface area (Å²) in [7, 11) is 4.14. The predicted molar refractivity (Wildman–Crippen MR) is 203 cm³/mol. The molecule has 1 unspecified atom stereocenters. The second kappa shape index (κ2) is 22.9. The molecule has 1 heterocycles. The number of amides is 1. The number of esters is 1. The first kappa shape index (κ1) is 53.6. The standard InChI is InChI=1S/C33H45F3O8.C2H5NO2.C2H6.C2H2.CH4.H2O/c1-19-24(43-26(37)14-13-21-11-9-8-10-12-21)16-32(39)20(2)23-18-42-22(17-40-6)15-25(41-7)31(23,5)29(38)28(44-33(34,35)36)27(19)30(32,3)4;1-5-2(3)4;2*1-2;;/h8-12,20,22-25,28,39H,13-18H2,1-7H3;1H3,(H2,3,4);1-2H3;1-2H;1H4;1H2/t20-,22+,23?,24-,25-,28+,31-,32+;;;;;/m0...../s1. The number of alkyl halides is 3. The van der Waals surface area contributed by atoms with Crippen molar-refractivity contribution >= 4 is 17.8 Å². The molecular weight excluding hydrogens is 727 g/mol. The van der Waals surface area contributed by atoms with Crippen LogP contribution in [-0.2, 0) is 44.4 Å². The Bertz CT molecular complexity index is 1400. The number of nitrogens with two attached hydrogens (primary N) is 1. The Morgan fingerprint density at radius 1 is 1.07 bits per heavy atom. The van der Waals surface area contributed by atoms with Crippen molar-refractivity contribution in [3.8, 4) is 12.8 Å². The highest BCUT2D eigenvalue weighted by Gasteiger charge is 2.67. The fourth-order valence-corrected chi connectivity index (χ4v) is 7.96. The third-order valence-corrected chi connectivity index (χ3v) is 10.8. The van der Waals surface area contributed by atoms with Gasteiger partial charge in [-0.3, -0.25) is 14.3 Å². The van der Waals surface area contributed by atoms with Gasteiger partial charge in [-0.25, -0.2) is 4.79 Å². The van der Waals surface area contributed by atoms with Crippen molar-refractivity contribution in [1.82, 2.24) is 0 Å². The lowest BCUT2D eigenvalue weighted by Gasteiger charge is -2.60. The summed E-state index contributed by atoms with van der Waals surface area (Å²) in [6.07, 6.45) is -1.90. The number of ketones is 1. The van der Waals surface area contributed by atoms with E-state index in [0.717, 1.165) is 5.56 Å². The number of hydrogen-bond acceptors (Lipinski definition) is 10. The van der Waals surface area contributed by atoms with Crippen molar-refractivity contribution in [1.29, 1.82) is 0 Å². The topological polar surface area (TPSA) is 184 Å². The molecule has 3 aliphatic rings. The number of carbonyl (C=O) groups is 3. The molecule has 1 amide bonds. The number of terminal acetylenes is 1. The number of aryl methyl sites for hydroxylation is 1. The first-order chi connectivity index (χ1) is 24.8. The maximum Gasteiger partial charge on any atom is 0.523 e. The fourth-order valence-electron chi connectivity index (χ4n) is 7.96. The number of ether oxygens (including phenoxy) is 6. The minimum atomic E-state index is -5.18. The number of halogens is 3. The van der Waals surface area contributed by atoms with Crippen LogP contribution >= 0.6 is 0 Å². The number of fused-ring (bicyclic) bond motifs is 3. The summed E-state index contributed by atoms with van der Waals surface area (Å²) in [4.78, 5) is 37.1. The van der Waals surface area contributed by atoms with Gasteiger partial charge in [0, 0.05) is 44.8 Å². The van der Waals surface area contributed by atoms with Gasteiger partial charge in [0.05, 0.1) is 43.5 Å². The lowest BCUT2D eigenvalue weighted by atomic mass is 9.48.